The van der Waals surface area contributed by atoms with Crippen LogP contribution in [0.25, 0.3) is 9.75 Å². The van der Waals surface area contributed by atoms with Crippen molar-refractivity contribution in [2.75, 3.05) is 13.2 Å². The van der Waals surface area contributed by atoms with E-state index >= 15 is 0 Å². The van der Waals surface area contributed by atoms with E-state index in [0.29, 0.717) is 12.2 Å². The molecule has 6 heteroatoms. The molecule has 0 aliphatic heterocycles. The van der Waals surface area contributed by atoms with Crippen LogP contribution in [-0.4, -0.2) is 24.2 Å². The number of rotatable bonds is 7. The molecule has 0 unspecified atom stereocenters. The first-order valence-electron chi connectivity index (χ1n) is 8.00. The van der Waals surface area contributed by atoms with Crippen molar-refractivity contribution in [3.63, 3.8) is 0 Å². The molecule has 0 radical (unpaired) electrons. The molecule has 1 atom stereocenters. The van der Waals surface area contributed by atoms with E-state index in [9.17, 15) is 9.90 Å². The Morgan fingerprint density at radius 2 is 1.96 bits per heavy atom. The van der Waals surface area contributed by atoms with E-state index in [-0.39, 0.29) is 12.5 Å². The minimum Gasteiger partial charge on any atom is -0.494 e. The topological polar surface area (TPSA) is 58.6 Å². The number of nitrogens with one attached hydrogen (secondary N) is 1. The van der Waals surface area contributed by atoms with Crippen LogP contribution in [0.5, 0.6) is 5.75 Å². The summed E-state index contributed by atoms with van der Waals surface area (Å²) in [5.41, 5.74) is 0.543. The predicted molar refractivity (Wildman–Crippen MR) is 103 cm³/mol. The maximum atomic E-state index is 12.2. The van der Waals surface area contributed by atoms with Crippen molar-refractivity contribution in [1.82, 2.24) is 5.32 Å². The summed E-state index contributed by atoms with van der Waals surface area (Å²) in [6, 6.07) is 14.9. The van der Waals surface area contributed by atoms with Gasteiger partial charge in [0.25, 0.3) is 5.91 Å². The van der Waals surface area contributed by atoms with Gasteiger partial charge in [0.1, 0.15) is 11.9 Å². The zero-order valence-electron chi connectivity index (χ0n) is 13.8. The van der Waals surface area contributed by atoms with Crippen LogP contribution in [0.15, 0.2) is 53.9 Å². The van der Waals surface area contributed by atoms with Gasteiger partial charge in [0.2, 0.25) is 0 Å². The average Bonchev–Trinajstić information content (AvgIpc) is 3.31. The summed E-state index contributed by atoms with van der Waals surface area (Å²) in [4.78, 5) is 15.3. The zero-order valence-corrected chi connectivity index (χ0v) is 15.4. The number of aliphatic hydroxyl groups is 1. The fourth-order valence-corrected chi connectivity index (χ4v) is 4.17. The van der Waals surface area contributed by atoms with Gasteiger partial charge in [-0.2, -0.15) is 0 Å². The molecule has 1 amide bonds. The highest BCUT2D eigenvalue weighted by molar-refractivity contribution is 7.21. The lowest BCUT2D eigenvalue weighted by Gasteiger charge is -2.10. The Bertz CT molecular complexity index is 810. The number of ether oxygens (including phenoxy) is 1. The first-order chi connectivity index (χ1) is 12.2. The lowest BCUT2D eigenvalue weighted by molar-refractivity contribution is 0.0918. The van der Waals surface area contributed by atoms with Gasteiger partial charge in [-0.15, -0.1) is 22.7 Å². The van der Waals surface area contributed by atoms with Crippen molar-refractivity contribution >= 4 is 28.6 Å². The summed E-state index contributed by atoms with van der Waals surface area (Å²) in [5.74, 6) is 0.524. The quantitative estimate of drug-likeness (QED) is 0.648. The number of benzene rings is 1. The molecule has 0 fully saturated rings. The largest absolute Gasteiger partial charge is 0.494 e. The van der Waals surface area contributed by atoms with Crippen molar-refractivity contribution in [3.05, 3.63) is 64.4 Å². The van der Waals surface area contributed by atoms with E-state index in [1.165, 1.54) is 4.88 Å². The van der Waals surface area contributed by atoms with Gasteiger partial charge in [-0.1, -0.05) is 6.07 Å². The van der Waals surface area contributed by atoms with Crippen LogP contribution in [0.3, 0.4) is 0 Å². The highest BCUT2D eigenvalue weighted by Gasteiger charge is 2.14. The fourth-order valence-electron chi connectivity index (χ4n) is 2.34. The van der Waals surface area contributed by atoms with E-state index in [1.807, 2.05) is 30.5 Å². The number of carbonyl (C=O) groups excluding carboxylic acids is 1. The molecular formula is C19H19NO3S2. The van der Waals surface area contributed by atoms with Crippen molar-refractivity contribution in [3.8, 4) is 15.5 Å². The van der Waals surface area contributed by atoms with Gasteiger partial charge < -0.3 is 15.2 Å². The summed E-state index contributed by atoms with van der Waals surface area (Å²) >= 11 is 3.22. The normalized spacial score (nSPS) is 11.9. The molecule has 0 saturated heterocycles. The maximum absolute atomic E-state index is 12.2. The average molecular weight is 373 g/mol. The third-order valence-corrected chi connectivity index (χ3v) is 5.85. The summed E-state index contributed by atoms with van der Waals surface area (Å²) in [6.45, 7) is 2.68. The Labute approximate surface area is 154 Å². The summed E-state index contributed by atoms with van der Waals surface area (Å²) in [7, 11) is 0. The van der Waals surface area contributed by atoms with Crippen LogP contribution in [-0.2, 0) is 0 Å². The van der Waals surface area contributed by atoms with Gasteiger partial charge in [0.15, 0.2) is 0 Å². The van der Waals surface area contributed by atoms with E-state index in [0.717, 1.165) is 15.5 Å². The third kappa shape index (κ3) is 4.48. The lowest BCUT2D eigenvalue weighted by atomic mass is 10.2. The molecule has 0 bridgehead atoms. The smallest absolute Gasteiger partial charge is 0.251 e. The SMILES string of the molecule is CCOc1ccc(C(=O)NC[C@H](O)c2ccc(-c3cccs3)s2)cc1. The summed E-state index contributed by atoms with van der Waals surface area (Å²) < 4.78 is 5.36. The highest BCUT2D eigenvalue weighted by Crippen LogP contribution is 2.33. The standard InChI is InChI=1S/C19H19NO3S2/c1-2-23-14-7-5-13(6-8-14)19(22)20-12-15(21)16-9-10-18(25-16)17-4-3-11-24-17/h3-11,15,21H,2,12H2,1H3,(H,20,22)/t15-/m0/s1. The van der Waals surface area contributed by atoms with Gasteiger partial charge in [0.05, 0.1) is 6.61 Å². The molecule has 2 aromatic heterocycles. The molecular weight excluding hydrogens is 354 g/mol. The Morgan fingerprint density at radius 3 is 2.64 bits per heavy atom. The Hall–Kier alpha value is -2.15. The number of carbonyl (C=O) groups is 1. The second-order valence-electron chi connectivity index (χ2n) is 5.36. The minimum atomic E-state index is -0.717. The molecule has 3 rings (SSSR count). The molecule has 0 aliphatic carbocycles. The zero-order chi connectivity index (χ0) is 17.6. The molecule has 4 nitrogen and oxygen atoms in total. The van der Waals surface area contributed by atoms with Crippen molar-refractivity contribution in [2.45, 2.75) is 13.0 Å². The van der Waals surface area contributed by atoms with Crippen molar-refractivity contribution < 1.29 is 14.6 Å². The minimum absolute atomic E-state index is 0.177. The molecule has 2 heterocycles. The Kier molecular flexibility index (Phi) is 5.86. The first kappa shape index (κ1) is 17.7. The van der Waals surface area contributed by atoms with Gasteiger partial charge in [-0.3, -0.25) is 4.79 Å². The van der Waals surface area contributed by atoms with Crippen LogP contribution in [0.4, 0.5) is 0 Å². The second-order valence-corrected chi connectivity index (χ2v) is 7.43. The number of amides is 1. The van der Waals surface area contributed by atoms with Gasteiger partial charge >= 0.3 is 0 Å². The van der Waals surface area contributed by atoms with Crippen molar-refractivity contribution in [2.24, 2.45) is 0 Å². The molecule has 130 valence electrons. The Balaban J connectivity index is 1.56. The monoisotopic (exact) mass is 373 g/mol. The first-order valence-corrected chi connectivity index (χ1v) is 9.69. The fraction of sp³-hybridized carbons (Fsp3) is 0.211. The number of hydrogen-bond acceptors (Lipinski definition) is 5. The summed E-state index contributed by atoms with van der Waals surface area (Å²) in [6.07, 6.45) is -0.717. The number of hydrogen-bond donors (Lipinski definition) is 2. The van der Waals surface area contributed by atoms with Crippen LogP contribution < -0.4 is 10.1 Å². The molecule has 2 N–H and O–H groups in total. The van der Waals surface area contributed by atoms with E-state index in [4.69, 9.17) is 4.74 Å². The maximum Gasteiger partial charge on any atom is 0.251 e. The van der Waals surface area contributed by atoms with E-state index in [1.54, 1.807) is 46.9 Å². The Morgan fingerprint density at radius 1 is 1.16 bits per heavy atom. The van der Waals surface area contributed by atoms with Crippen LogP contribution in [0.1, 0.15) is 28.3 Å². The van der Waals surface area contributed by atoms with Gasteiger partial charge in [0, 0.05) is 26.7 Å². The molecule has 25 heavy (non-hydrogen) atoms. The summed E-state index contributed by atoms with van der Waals surface area (Å²) in [5, 5.41) is 15.1. The van der Waals surface area contributed by atoms with E-state index in [2.05, 4.69) is 11.4 Å². The molecule has 0 saturated carbocycles. The second kappa shape index (κ2) is 8.29. The van der Waals surface area contributed by atoms with Gasteiger partial charge in [-0.25, -0.2) is 0 Å². The molecule has 3 aromatic rings. The highest BCUT2D eigenvalue weighted by atomic mass is 32.1. The van der Waals surface area contributed by atoms with E-state index < -0.39 is 6.10 Å². The molecule has 0 spiro atoms. The third-order valence-electron chi connectivity index (χ3n) is 3.60. The predicted octanol–water partition coefficient (Wildman–Crippen LogP) is 4.34. The van der Waals surface area contributed by atoms with Crippen LogP contribution in [0, 0.1) is 0 Å². The van der Waals surface area contributed by atoms with Crippen LogP contribution >= 0.6 is 22.7 Å². The van der Waals surface area contributed by atoms with Gasteiger partial charge in [-0.05, 0) is 54.8 Å². The molecule has 1 aromatic carbocycles. The number of thiophene rings is 2. The van der Waals surface area contributed by atoms with Crippen molar-refractivity contribution in [1.29, 1.82) is 0 Å². The van der Waals surface area contributed by atoms with Crippen LogP contribution in [0.2, 0.25) is 0 Å². The number of aliphatic hydroxyl groups excluding tert-OH is 1. The lowest BCUT2D eigenvalue weighted by Crippen LogP contribution is -2.28. The molecule has 0 aliphatic rings.